The van der Waals surface area contributed by atoms with E-state index < -0.39 is 8.80 Å². The molecular weight excluding hydrogens is 628 g/mol. The topological polar surface area (TPSA) is 36.9 Å². The van der Waals surface area contributed by atoms with Crippen molar-refractivity contribution >= 4 is 40.3 Å². The molecule has 2 saturated heterocycles. The molecule has 44 heavy (non-hydrogen) atoms. The van der Waals surface area contributed by atoms with Crippen molar-refractivity contribution in [3.05, 3.63) is 125 Å². The number of benzene rings is 4. The van der Waals surface area contributed by atoms with Crippen molar-refractivity contribution in [3.63, 3.8) is 0 Å². The van der Waals surface area contributed by atoms with Crippen LogP contribution in [0.25, 0.3) is 0 Å². The van der Waals surface area contributed by atoms with Crippen LogP contribution in [0.1, 0.15) is 49.7 Å². The summed E-state index contributed by atoms with van der Waals surface area (Å²) < 4.78 is 23.8. The lowest BCUT2D eigenvalue weighted by Crippen LogP contribution is -2.51. The summed E-state index contributed by atoms with van der Waals surface area (Å²) in [5, 5.41) is 4.37. The lowest BCUT2D eigenvalue weighted by atomic mass is 10.1. The maximum Gasteiger partial charge on any atom is 0.157 e. The Morgan fingerprint density at radius 1 is 0.545 bits per heavy atom. The second kappa shape index (κ2) is 18.4. The molecule has 0 aliphatic carbocycles. The van der Waals surface area contributed by atoms with Crippen LogP contribution in [0, 0.1) is 0 Å². The fraction of sp³-hybridized carbons (Fsp3) is 0.368. The Morgan fingerprint density at radius 2 is 0.977 bits per heavy atom. The molecule has 0 bridgehead atoms. The van der Waals surface area contributed by atoms with Gasteiger partial charge < -0.3 is 18.9 Å². The highest BCUT2D eigenvalue weighted by molar-refractivity contribution is 9.10. The molecule has 6 heteroatoms. The maximum atomic E-state index is 5.89. The molecule has 2 fully saturated rings. The molecule has 2 aliphatic heterocycles. The molecule has 2 atom stereocenters. The molecule has 0 radical (unpaired) electrons. The van der Waals surface area contributed by atoms with Gasteiger partial charge in [-0.05, 0) is 74.6 Å². The summed E-state index contributed by atoms with van der Waals surface area (Å²) in [6.07, 6.45) is 8.76. The van der Waals surface area contributed by atoms with Crippen molar-refractivity contribution in [2.24, 2.45) is 0 Å². The normalized spacial score (nSPS) is 18.4. The lowest BCUT2D eigenvalue weighted by Gasteiger charge is -2.22. The van der Waals surface area contributed by atoms with Gasteiger partial charge in [-0.2, -0.15) is 0 Å². The van der Waals surface area contributed by atoms with Gasteiger partial charge in [0, 0.05) is 17.7 Å². The van der Waals surface area contributed by atoms with Gasteiger partial charge in [-0.15, -0.1) is 0 Å². The largest absolute Gasteiger partial charge is 0.353 e. The Kier molecular flexibility index (Phi) is 13.7. The first-order valence-corrected chi connectivity index (χ1v) is 18.7. The summed E-state index contributed by atoms with van der Waals surface area (Å²) in [6.45, 7) is 3.15. The summed E-state index contributed by atoms with van der Waals surface area (Å²) in [4.78, 5) is 0. The molecule has 0 amide bonds. The Morgan fingerprint density at radius 3 is 1.41 bits per heavy atom. The number of halogens is 1. The third-order valence-electron chi connectivity index (χ3n) is 8.16. The second-order valence-corrected chi connectivity index (χ2v) is 15.2. The molecule has 4 aromatic carbocycles. The highest BCUT2D eigenvalue weighted by atomic mass is 79.9. The molecule has 4 nitrogen and oxygen atoms in total. The average Bonchev–Trinajstić information content (AvgIpc) is 3.09. The second-order valence-electron chi connectivity index (χ2n) is 11.5. The van der Waals surface area contributed by atoms with E-state index in [1.165, 1.54) is 45.9 Å². The zero-order chi connectivity index (χ0) is 30.2. The van der Waals surface area contributed by atoms with Crippen molar-refractivity contribution < 1.29 is 18.9 Å². The third-order valence-corrected chi connectivity index (χ3v) is 11.8. The summed E-state index contributed by atoms with van der Waals surface area (Å²) >= 11 is 3.42. The van der Waals surface area contributed by atoms with Gasteiger partial charge in [0.05, 0.1) is 13.2 Å². The Bertz CT molecular complexity index is 1280. The SMILES string of the molecule is Brc1ccc(CCOC2CCCCO2)cc1.c1ccc([SiH](c2ccccc2)c2ccc(CCOC3CCCCO3)cc2)cc1. The van der Waals surface area contributed by atoms with E-state index in [4.69, 9.17) is 18.9 Å². The molecule has 0 saturated carbocycles. The molecule has 2 heterocycles. The van der Waals surface area contributed by atoms with Gasteiger partial charge in [0.15, 0.2) is 12.6 Å². The van der Waals surface area contributed by atoms with Crippen molar-refractivity contribution in [1.29, 1.82) is 0 Å². The number of rotatable bonds is 11. The van der Waals surface area contributed by atoms with E-state index in [2.05, 4.69) is 125 Å². The summed E-state index contributed by atoms with van der Waals surface area (Å²) in [5.74, 6) is 0. The van der Waals surface area contributed by atoms with E-state index in [-0.39, 0.29) is 12.6 Å². The fourth-order valence-electron chi connectivity index (χ4n) is 5.70. The maximum absolute atomic E-state index is 5.89. The lowest BCUT2D eigenvalue weighted by molar-refractivity contribution is -0.161. The van der Waals surface area contributed by atoms with Crippen molar-refractivity contribution in [2.45, 2.75) is 63.9 Å². The van der Waals surface area contributed by atoms with Crippen molar-refractivity contribution in [2.75, 3.05) is 26.4 Å². The van der Waals surface area contributed by atoms with E-state index in [9.17, 15) is 0 Å². The summed E-state index contributed by atoms with van der Waals surface area (Å²) in [5.41, 5.74) is 2.63. The predicted octanol–water partition coefficient (Wildman–Crippen LogP) is 6.56. The first kappa shape index (κ1) is 32.8. The first-order valence-electron chi connectivity index (χ1n) is 16.1. The van der Waals surface area contributed by atoms with Crippen LogP contribution >= 0.6 is 15.9 Å². The van der Waals surface area contributed by atoms with Crippen LogP contribution in [0.2, 0.25) is 0 Å². The Labute approximate surface area is 273 Å². The third kappa shape index (κ3) is 10.8. The number of hydrogen-bond donors (Lipinski definition) is 0. The Hall–Kier alpha value is -2.58. The molecule has 4 aromatic rings. The van der Waals surface area contributed by atoms with Gasteiger partial charge in [-0.1, -0.05) is 129 Å². The van der Waals surface area contributed by atoms with Crippen LogP contribution < -0.4 is 15.6 Å². The first-order chi connectivity index (χ1) is 21.7. The minimum absolute atomic E-state index is 0.000900. The summed E-state index contributed by atoms with van der Waals surface area (Å²) in [6, 6.07) is 39.4. The molecule has 0 spiro atoms. The minimum atomic E-state index is -1.43. The van der Waals surface area contributed by atoms with Gasteiger partial charge in [-0.3, -0.25) is 0 Å². The average molecular weight is 674 g/mol. The molecule has 232 valence electrons. The van der Waals surface area contributed by atoms with E-state index in [0.29, 0.717) is 0 Å². The zero-order valence-corrected chi connectivity index (χ0v) is 28.4. The minimum Gasteiger partial charge on any atom is -0.353 e. The molecule has 2 aliphatic rings. The van der Waals surface area contributed by atoms with Crippen LogP contribution in [0.3, 0.4) is 0 Å². The van der Waals surface area contributed by atoms with Crippen molar-refractivity contribution in [1.82, 2.24) is 0 Å². The van der Waals surface area contributed by atoms with Gasteiger partial charge in [-0.25, -0.2) is 0 Å². The van der Waals surface area contributed by atoms with E-state index >= 15 is 0 Å². The van der Waals surface area contributed by atoms with Crippen LogP contribution in [-0.2, 0) is 31.8 Å². The smallest absolute Gasteiger partial charge is 0.157 e. The van der Waals surface area contributed by atoms with Gasteiger partial charge in [0.2, 0.25) is 0 Å². The van der Waals surface area contributed by atoms with Crippen LogP contribution in [0.4, 0.5) is 0 Å². The van der Waals surface area contributed by atoms with Gasteiger partial charge >= 0.3 is 0 Å². The van der Waals surface area contributed by atoms with Crippen molar-refractivity contribution in [3.8, 4) is 0 Å². The highest BCUT2D eigenvalue weighted by Gasteiger charge is 2.19. The quantitative estimate of drug-likeness (QED) is 0.134. The van der Waals surface area contributed by atoms with E-state index in [1.54, 1.807) is 0 Å². The fourth-order valence-corrected chi connectivity index (χ4v) is 8.91. The van der Waals surface area contributed by atoms with Crippen LogP contribution in [0.15, 0.2) is 114 Å². The number of hydrogen-bond acceptors (Lipinski definition) is 4. The monoisotopic (exact) mass is 672 g/mol. The van der Waals surface area contributed by atoms with Crippen LogP contribution in [-0.4, -0.2) is 47.8 Å². The van der Waals surface area contributed by atoms with Gasteiger partial charge in [0.25, 0.3) is 0 Å². The molecule has 2 unspecified atom stereocenters. The Balaban J connectivity index is 0.000000204. The standard InChI is InChI=1S/C25H28O2Si.C13H17BrO2/c1-3-9-22(10-4-1)28(23-11-5-2-6-12-23)24-16-14-21(15-17-24)18-20-27-25-13-7-8-19-26-25;14-12-6-4-11(5-7-12)8-10-16-13-3-1-2-9-15-13/h1-6,9-12,14-17,25,28H,7-8,13,18-20H2;4-7,13H,1-3,8-10H2. The predicted molar refractivity (Wildman–Crippen MR) is 186 cm³/mol. The van der Waals surface area contributed by atoms with E-state index in [0.717, 1.165) is 63.0 Å². The van der Waals surface area contributed by atoms with Gasteiger partial charge in [0.1, 0.15) is 8.80 Å². The molecular formula is C38H45BrO4Si. The molecule has 6 rings (SSSR count). The zero-order valence-electron chi connectivity index (χ0n) is 25.6. The molecule has 0 aromatic heterocycles. The molecule has 0 N–H and O–H groups in total. The van der Waals surface area contributed by atoms with E-state index in [1.807, 2.05) is 0 Å². The van der Waals surface area contributed by atoms with Crippen LogP contribution in [0.5, 0.6) is 0 Å². The number of ether oxygens (including phenoxy) is 4. The highest BCUT2D eigenvalue weighted by Crippen LogP contribution is 2.16. The summed E-state index contributed by atoms with van der Waals surface area (Å²) in [7, 11) is -1.43.